The smallest absolute Gasteiger partial charge is 0.399 e. The summed E-state index contributed by atoms with van der Waals surface area (Å²) in [5, 5.41) is 0. The summed E-state index contributed by atoms with van der Waals surface area (Å²) in [7, 11) is -3.24. The Balaban J connectivity index is 1.95. The SMILES string of the molecule is CCn1cc(-c2ccc(C(=O)OC)cc2)n(Cc2ccc(CP(=O)(OF)OF)c(Br)c2)c1=O. The fourth-order valence-corrected chi connectivity index (χ4v) is 4.90. The van der Waals surface area contributed by atoms with E-state index in [-0.39, 0.29) is 12.2 Å². The van der Waals surface area contributed by atoms with Gasteiger partial charge in [0, 0.05) is 17.2 Å². The molecule has 0 radical (unpaired) electrons. The van der Waals surface area contributed by atoms with Crippen molar-refractivity contribution in [3.05, 3.63) is 80.3 Å². The Bertz CT molecular complexity index is 1250. The number of esters is 1. The molecular formula is C21H20BrF2N2O6P. The average Bonchev–Trinajstić information content (AvgIpc) is 3.15. The number of methoxy groups -OCH3 is 1. The van der Waals surface area contributed by atoms with Gasteiger partial charge in [-0.1, -0.05) is 40.2 Å². The minimum atomic E-state index is -4.54. The van der Waals surface area contributed by atoms with E-state index in [9.17, 15) is 23.2 Å². The van der Waals surface area contributed by atoms with Crippen LogP contribution in [0.2, 0.25) is 0 Å². The van der Waals surface area contributed by atoms with Crippen LogP contribution in [0.5, 0.6) is 0 Å². The molecule has 176 valence electrons. The van der Waals surface area contributed by atoms with Crippen molar-refractivity contribution in [2.45, 2.75) is 26.2 Å². The Labute approximate surface area is 196 Å². The summed E-state index contributed by atoms with van der Waals surface area (Å²) in [5.41, 5.74) is 2.52. The summed E-state index contributed by atoms with van der Waals surface area (Å²) in [5.74, 6) is -0.462. The zero-order valence-electron chi connectivity index (χ0n) is 17.7. The first-order chi connectivity index (χ1) is 15.7. The minimum Gasteiger partial charge on any atom is -0.465 e. The highest BCUT2D eigenvalue weighted by atomic mass is 79.9. The molecule has 0 saturated heterocycles. The average molecular weight is 545 g/mol. The number of aromatic nitrogens is 2. The fraction of sp³-hybridized carbons (Fsp3) is 0.238. The van der Waals surface area contributed by atoms with Crippen molar-refractivity contribution in [3.63, 3.8) is 0 Å². The molecule has 0 amide bonds. The third-order valence-corrected chi connectivity index (χ3v) is 6.91. The molecule has 0 spiro atoms. The largest absolute Gasteiger partial charge is 0.465 e. The molecule has 12 heteroatoms. The van der Waals surface area contributed by atoms with Gasteiger partial charge in [-0.05, 0) is 50.9 Å². The lowest BCUT2D eigenvalue weighted by atomic mass is 10.1. The first-order valence-corrected chi connectivity index (χ1v) is 12.2. The molecule has 0 unspecified atom stereocenters. The van der Waals surface area contributed by atoms with Crippen molar-refractivity contribution in [1.29, 1.82) is 0 Å². The lowest BCUT2D eigenvalue weighted by Gasteiger charge is -2.12. The monoisotopic (exact) mass is 544 g/mol. The predicted molar refractivity (Wildman–Crippen MR) is 120 cm³/mol. The van der Waals surface area contributed by atoms with Crippen molar-refractivity contribution >= 4 is 29.5 Å². The van der Waals surface area contributed by atoms with Crippen LogP contribution in [0.4, 0.5) is 9.05 Å². The summed E-state index contributed by atoms with van der Waals surface area (Å²) in [6.07, 6.45) is 1.11. The van der Waals surface area contributed by atoms with Gasteiger partial charge in [-0.25, -0.2) is 9.59 Å². The van der Waals surface area contributed by atoms with Crippen LogP contribution in [0.25, 0.3) is 11.3 Å². The van der Waals surface area contributed by atoms with Gasteiger partial charge in [-0.3, -0.25) is 13.7 Å². The van der Waals surface area contributed by atoms with E-state index in [1.165, 1.54) is 13.2 Å². The molecular weight excluding hydrogens is 525 g/mol. The predicted octanol–water partition coefficient (Wildman–Crippen LogP) is 5.43. The van der Waals surface area contributed by atoms with Crippen LogP contribution in [-0.2, 0) is 38.0 Å². The minimum absolute atomic E-state index is 0.190. The summed E-state index contributed by atoms with van der Waals surface area (Å²) in [4.78, 5) is 24.6. The topological polar surface area (TPSA) is 88.8 Å². The zero-order chi connectivity index (χ0) is 24.2. The Morgan fingerprint density at radius 3 is 2.33 bits per heavy atom. The van der Waals surface area contributed by atoms with Gasteiger partial charge < -0.3 is 4.74 Å². The molecule has 33 heavy (non-hydrogen) atoms. The van der Waals surface area contributed by atoms with E-state index >= 15 is 0 Å². The van der Waals surface area contributed by atoms with E-state index in [4.69, 9.17) is 4.74 Å². The van der Waals surface area contributed by atoms with Gasteiger partial charge >= 0.3 is 19.3 Å². The summed E-state index contributed by atoms with van der Waals surface area (Å²) in [6.45, 7) is 2.50. The number of rotatable bonds is 9. The Morgan fingerprint density at radius 2 is 1.79 bits per heavy atom. The normalized spacial score (nSPS) is 11.5. The third-order valence-electron chi connectivity index (χ3n) is 5.02. The highest BCUT2D eigenvalue weighted by Crippen LogP contribution is 2.53. The van der Waals surface area contributed by atoms with Gasteiger partial charge in [0.1, 0.15) is 0 Å². The number of carbonyl (C=O) groups excluding carboxylic acids is 1. The van der Waals surface area contributed by atoms with Crippen LogP contribution in [-0.4, -0.2) is 22.2 Å². The number of imidazole rings is 1. The number of halogens is 3. The summed E-state index contributed by atoms with van der Waals surface area (Å²) < 4.78 is 51.1. The molecule has 0 N–H and O–H groups in total. The molecule has 3 aromatic rings. The number of benzene rings is 2. The van der Waals surface area contributed by atoms with Crippen molar-refractivity contribution in [3.8, 4) is 11.3 Å². The summed E-state index contributed by atoms with van der Waals surface area (Å²) >= 11 is 3.29. The molecule has 8 nitrogen and oxygen atoms in total. The van der Waals surface area contributed by atoms with Crippen LogP contribution in [0.3, 0.4) is 0 Å². The molecule has 1 aromatic heterocycles. The molecule has 0 bridgehead atoms. The molecule has 1 heterocycles. The van der Waals surface area contributed by atoms with E-state index in [1.807, 2.05) is 6.92 Å². The van der Waals surface area contributed by atoms with Crippen LogP contribution >= 0.6 is 23.5 Å². The second kappa shape index (κ2) is 10.6. The summed E-state index contributed by atoms with van der Waals surface area (Å²) in [6, 6.07) is 11.5. The Hall–Kier alpha value is -2.59. The maximum absolute atomic E-state index is 12.9. The van der Waals surface area contributed by atoms with Gasteiger partial charge in [-0.15, -0.1) is 9.46 Å². The van der Waals surface area contributed by atoms with Crippen molar-refractivity contribution < 1.29 is 32.6 Å². The van der Waals surface area contributed by atoms with Crippen LogP contribution in [0.1, 0.15) is 28.4 Å². The van der Waals surface area contributed by atoms with Gasteiger partial charge in [0.05, 0.1) is 31.1 Å². The van der Waals surface area contributed by atoms with Crippen LogP contribution in [0.15, 0.2) is 57.9 Å². The van der Waals surface area contributed by atoms with E-state index in [0.29, 0.717) is 33.4 Å². The van der Waals surface area contributed by atoms with Gasteiger partial charge in [0.15, 0.2) is 0 Å². The van der Waals surface area contributed by atoms with Crippen molar-refractivity contribution in [1.82, 2.24) is 9.13 Å². The highest BCUT2D eigenvalue weighted by Gasteiger charge is 2.29. The Kier molecular flexibility index (Phi) is 8.01. The molecule has 0 aliphatic heterocycles. The first-order valence-electron chi connectivity index (χ1n) is 9.71. The van der Waals surface area contributed by atoms with Gasteiger partial charge in [-0.2, -0.15) is 0 Å². The molecule has 0 atom stereocenters. The molecule has 3 rings (SSSR count). The maximum atomic E-state index is 12.9. The van der Waals surface area contributed by atoms with Crippen molar-refractivity contribution in [2.75, 3.05) is 7.11 Å². The first kappa shape index (κ1) is 25.0. The standard InChI is InChI=1S/C21H20BrF2N2O6P/c1-3-25-12-19(15-6-8-16(9-7-15)20(27)30-2)26(21(25)28)11-14-4-5-17(18(22)10-14)13-33(29,31-23)32-24/h4-10,12H,3,11,13H2,1-2H3. The van der Waals surface area contributed by atoms with Gasteiger partial charge in [0.25, 0.3) is 0 Å². The Morgan fingerprint density at radius 1 is 1.12 bits per heavy atom. The second-order valence-corrected chi connectivity index (χ2v) is 9.74. The number of hydrogen-bond acceptors (Lipinski definition) is 6. The number of carbonyl (C=O) groups is 1. The third kappa shape index (κ3) is 5.50. The number of nitrogens with zero attached hydrogens (tertiary/aromatic N) is 2. The second-order valence-electron chi connectivity index (χ2n) is 7.07. The van der Waals surface area contributed by atoms with E-state index in [0.717, 1.165) is 5.56 Å². The van der Waals surface area contributed by atoms with Crippen molar-refractivity contribution in [2.24, 2.45) is 0 Å². The van der Waals surface area contributed by atoms with Crippen LogP contribution in [0, 0.1) is 0 Å². The van der Waals surface area contributed by atoms with Gasteiger partial charge in [0.2, 0.25) is 0 Å². The molecule has 0 aliphatic carbocycles. The van der Waals surface area contributed by atoms with Crippen LogP contribution < -0.4 is 5.69 Å². The maximum Gasteiger partial charge on any atom is 0.399 e. The number of hydrogen-bond donors (Lipinski definition) is 0. The van der Waals surface area contributed by atoms with E-state index < -0.39 is 19.7 Å². The molecule has 0 aliphatic rings. The molecule has 0 saturated carbocycles. The lowest BCUT2D eigenvalue weighted by Crippen LogP contribution is -2.24. The highest BCUT2D eigenvalue weighted by molar-refractivity contribution is 9.10. The zero-order valence-corrected chi connectivity index (χ0v) is 20.1. The van der Waals surface area contributed by atoms with E-state index in [2.05, 4.69) is 25.4 Å². The quantitative estimate of drug-likeness (QED) is 0.263. The fourth-order valence-electron chi connectivity index (χ4n) is 3.30. The van der Waals surface area contributed by atoms with E-state index in [1.54, 1.807) is 51.7 Å². The molecule has 2 aromatic carbocycles. The molecule has 0 fully saturated rings. The number of ether oxygens (including phenoxy) is 1. The lowest BCUT2D eigenvalue weighted by molar-refractivity contribution is -0.0881. The number of aryl methyl sites for hydroxylation is 1.